The van der Waals surface area contributed by atoms with E-state index in [4.69, 9.17) is 4.84 Å². The number of carbonyl (C=O) groups excluding carboxylic acids is 1. The maximum atomic E-state index is 12.9. The molecule has 26 heavy (non-hydrogen) atoms. The Morgan fingerprint density at radius 3 is 2.58 bits per heavy atom. The van der Waals surface area contributed by atoms with Crippen molar-refractivity contribution in [3.05, 3.63) is 58.0 Å². The number of fused-ring (bicyclic) bond motifs is 2. The van der Waals surface area contributed by atoms with Crippen molar-refractivity contribution in [1.29, 1.82) is 0 Å². The summed E-state index contributed by atoms with van der Waals surface area (Å²) in [7, 11) is 0. The van der Waals surface area contributed by atoms with Gasteiger partial charge in [-0.2, -0.15) is 0 Å². The van der Waals surface area contributed by atoms with Crippen LogP contribution in [0.5, 0.6) is 0 Å². The van der Waals surface area contributed by atoms with Gasteiger partial charge in [0.2, 0.25) is 0 Å². The molecule has 2 atom stereocenters. The fourth-order valence-electron chi connectivity index (χ4n) is 3.94. The Bertz CT molecular complexity index is 773. The molecule has 2 bridgehead atoms. The molecular weight excluding hydrogens is 351 g/mol. The van der Waals surface area contributed by atoms with Gasteiger partial charge in [0.15, 0.2) is 0 Å². The molecule has 2 aliphatic heterocycles. The molecule has 0 radical (unpaired) electrons. The van der Waals surface area contributed by atoms with Gasteiger partial charge in [0.25, 0.3) is 0 Å². The molecule has 3 heterocycles. The van der Waals surface area contributed by atoms with Crippen LogP contribution >= 0.6 is 11.3 Å². The lowest BCUT2D eigenvalue weighted by molar-refractivity contribution is 0.0478. The Kier molecular flexibility index (Phi) is 5.13. The van der Waals surface area contributed by atoms with Crippen molar-refractivity contribution in [1.82, 2.24) is 4.90 Å². The second-order valence-corrected chi connectivity index (χ2v) is 7.97. The highest BCUT2D eigenvalue weighted by Crippen LogP contribution is 2.34. The van der Waals surface area contributed by atoms with E-state index < -0.39 is 5.97 Å². The number of nitrogens with zero attached hydrogens (tertiary/aromatic N) is 2. The molecule has 136 valence electrons. The fourth-order valence-corrected chi connectivity index (χ4v) is 4.66. The first-order chi connectivity index (χ1) is 12.7. The summed E-state index contributed by atoms with van der Waals surface area (Å²) < 4.78 is 12.9. The van der Waals surface area contributed by atoms with Crippen LogP contribution in [-0.4, -0.2) is 28.7 Å². The Labute approximate surface area is 156 Å². The van der Waals surface area contributed by atoms with Crippen LogP contribution in [-0.2, 0) is 11.4 Å². The van der Waals surface area contributed by atoms with Gasteiger partial charge in [0.1, 0.15) is 5.82 Å². The Morgan fingerprint density at radius 1 is 1.19 bits per heavy atom. The number of rotatable bonds is 4. The summed E-state index contributed by atoms with van der Waals surface area (Å²) in [6.45, 7) is 0.996. The first-order valence-corrected chi connectivity index (χ1v) is 9.88. The third-order valence-corrected chi connectivity index (χ3v) is 6.07. The standard InChI is InChI=1S/C20H21FN2O2S/c21-15-8-6-14(7-9-15)20(24)25-22-16-11-17-3-1-4-18(12-16)23(17)13-19-5-2-10-26-19/h2,5-10,17-18H,1,3-4,11-13H2/t17-,18-/m0/s1. The average Bonchev–Trinajstić information content (AvgIpc) is 3.13. The molecule has 1 aromatic carbocycles. The Morgan fingerprint density at radius 2 is 1.92 bits per heavy atom. The van der Waals surface area contributed by atoms with Gasteiger partial charge in [0.05, 0.1) is 11.3 Å². The van der Waals surface area contributed by atoms with Crippen LogP contribution in [0.15, 0.2) is 46.9 Å². The second-order valence-electron chi connectivity index (χ2n) is 6.94. The van der Waals surface area contributed by atoms with Gasteiger partial charge in [-0.1, -0.05) is 17.6 Å². The molecule has 0 N–H and O–H groups in total. The van der Waals surface area contributed by atoms with E-state index in [1.165, 1.54) is 35.6 Å². The first kappa shape index (κ1) is 17.4. The number of thiophene rings is 1. The molecule has 2 saturated heterocycles. The number of halogens is 1. The number of benzene rings is 1. The summed E-state index contributed by atoms with van der Waals surface area (Å²) in [5.41, 5.74) is 1.27. The van der Waals surface area contributed by atoms with Crippen molar-refractivity contribution < 1.29 is 14.0 Å². The third-order valence-electron chi connectivity index (χ3n) is 5.21. The predicted octanol–water partition coefficient (Wildman–Crippen LogP) is 4.62. The molecular formula is C20H21FN2O2S. The lowest BCUT2D eigenvalue weighted by Crippen LogP contribution is -2.51. The minimum Gasteiger partial charge on any atom is -0.313 e. The SMILES string of the molecule is O=C(ON=C1C[C@@H]2CCC[C@@H](C1)N2Cc1cccs1)c1ccc(F)cc1. The third kappa shape index (κ3) is 3.86. The van der Waals surface area contributed by atoms with Crippen molar-refractivity contribution >= 4 is 23.0 Å². The zero-order valence-corrected chi connectivity index (χ0v) is 15.3. The van der Waals surface area contributed by atoms with Crippen molar-refractivity contribution in [2.75, 3.05) is 0 Å². The topological polar surface area (TPSA) is 41.9 Å². The van der Waals surface area contributed by atoms with E-state index in [1.54, 1.807) is 11.3 Å². The number of hydrogen-bond acceptors (Lipinski definition) is 5. The van der Waals surface area contributed by atoms with Gasteiger partial charge in [-0.15, -0.1) is 11.3 Å². The van der Waals surface area contributed by atoms with Crippen molar-refractivity contribution in [2.45, 2.75) is 50.7 Å². The molecule has 0 unspecified atom stereocenters. The van der Waals surface area contributed by atoms with Crippen molar-refractivity contribution in [3.63, 3.8) is 0 Å². The molecule has 6 heteroatoms. The zero-order chi connectivity index (χ0) is 17.9. The van der Waals surface area contributed by atoms with Crippen LogP contribution in [0.2, 0.25) is 0 Å². The van der Waals surface area contributed by atoms with Crippen LogP contribution in [0.25, 0.3) is 0 Å². The molecule has 0 amide bonds. The quantitative estimate of drug-likeness (QED) is 0.581. The van der Waals surface area contributed by atoms with Crippen LogP contribution in [0, 0.1) is 5.82 Å². The van der Waals surface area contributed by atoms with E-state index in [2.05, 4.69) is 27.6 Å². The van der Waals surface area contributed by atoms with E-state index >= 15 is 0 Å². The molecule has 2 aliphatic rings. The molecule has 4 nitrogen and oxygen atoms in total. The van der Waals surface area contributed by atoms with Gasteiger partial charge in [-0.05, 0) is 48.6 Å². The molecule has 1 aromatic heterocycles. The molecule has 0 aliphatic carbocycles. The summed E-state index contributed by atoms with van der Waals surface area (Å²) >= 11 is 1.80. The lowest BCUT2D eigenvalue weighted by Gasteiger charge is -2.46. The number of piperidine rings is 2. The monoisotopic (exact) mass is 372 g/mol. The van der Waals surface area contributed by atoms with Crippen molar-refractivity contribution in [2.24, 2.45) is 5.16 Å². The van der Waals surface area contributed by atoms with Gasteiger partial charge in [-0.25, -0.2) is 9.18 Å². The summed E-state index contributed by atoms with van der Waals surface area (Å²) in [5, 5.41) is 6.27. The van der Waals surface area contributed by atoms with E-state index in [9.17, 15) is 9.18 Å². The zero-order valence-electron chi connectivity index (χ0n) is 14.4. The predicted molar refractivity (Wildman–Crippen MR) is 99.8 cm³/mol. The smallest absolute Gasteiger partial charge is 0.313 e. The number of oxime groups is 1. The van der Waals surface area contributed by atoms with Crippen LogP contribution < -0.4 is 0 Å². The van der Waals surface area contributed by atoms with E-state index in [0.29, 0.717) is 17.6 Å². The normalized spacial score (nSPS) is 22.9. The highest BCUT2D eigenvalue weighted by atomic mass is 32.1. The number of hydrogen-bond donors (Lipinski definition) is 0. The van der Waals surface area contributed by atoms with Crippen LogP contribution in [0.3, 0.4) is 0 Å². The number of carbonyl (C=O) groups is 1. The van der Waals surface area contributed by atoms with Crippen LogP contribution in [0.4, 0.5) is 4.39 Å². The molecule has 2 fully saturated rings. The minimum atomic E-state index is -0.538. The van der Waals surface area contributed by atoms with E-state index in [-0.39, 0.29) is 5.82 Å². The molecule has 4 rings (SSSR count). The summed E-state index contributed by atoms with van der Waals surface area (Å²) in [6.07, 6.45) is 5.26. The largest absolute Gasteiger partial charge is 0.365 e. The van der Waals surface area contributed by atoms with Gasteiger partial charge < -0.3 is 4.84 Å². The van der Waals surface area contributed by atoms with Gasteiger partial charge in [-0.3, -0.25) is 4.90 Å². The molecule has 2 aromatic rings. The van der Waals surface area contributed by atoms with Crippen LogP contribution in [0.1, 0.15) is 47.3 Å². The molecule has 0 spiro atoms. The summed E-state index contributed by atoms with van der Waals surface area (Å²) in [6, 6.07) is 10.5. The molecule has 0 saturated carbocycles. The van der Waals surface area contributed by atoms with Crippen molar-refractivity contribution in [3.8, 4) is 0 Å². The highest BCUT2D eigenvalue weighted by Gasteiger charge is 2.37. The highest BCUT2D eigenvalue weighted by molar-refractivity contribution is 7.09. The second kappa shape index (κ2) is 7.68. The first-order valence-electron chi connectivity index (χ1n) is 9.00. The fraction of sp³-hybridized carbons (Fsp3) is 0.400. The summed E-state index contributed by atoms with van der Waals surface area (Å²) in [5.74, 6) is -0.914. The van der Waals surface area contributed by atoms with Gasteiger partial charge in [0, 0.05) is 36.3 Å². The van der Waals surface area contributed by atoms with Gasteiger partial charge >= 0.3 is 5.97 Å². The maximum absolute atomic E-state index is 12.9. The van der Waals surface area contributed by atoms with E-state index in [1.807, 2.05) is 0 Å². The Balaban J connectivity index is 1.40. The lowest BCUT2D eigenvalue weighted by atomic mass is 9.83. The average molecular weight is 372 g/mol. The maximum Gasteiger partial charge on any atom is 0.365 e. The Hall–Kier alpha value is -2.05. The summed E-state index contributed by atoms with van der Waals surface area (Å²) in [4.78, 5) is 21.2. The van der Waals surface area contributed by atoms with E-state index in [0.717, 1.165) is 37.9 Å². The minimum absolute atomic E-state index is 0.311.